The van der Waals surface area contributed by atoms with Crippen LogP contribution in [0, 0.1) is 11.7 Å². The van der Waals surface area contributed by atoms with Crippen molar-refractivity contribution in [2.24, 2.45) is 5.92 Å². The third kappa shape index (κ3) is 4.50. The standard InChI is InChI=1S/C13H19ClFN/c1-10(2)13(7-8-14)16-9-11-3-5-12(15)6-4-11/h3-6,10,13,16H,7-9H2,1-2H3. The van der Waals surface area contributed by atoms with E-state index in [2.05, 4.69) is 19.2 Å². The molecule has 0 fully saturated rings. The van der Waals surface area contributed by atoms with E-state index in [0.717, 1.165) is 18.5 Å². The van der Waals surface area contributed by atoms with Gasteiger partial charge in [0.25, 0.3) is 0 Å². The minimum Gasteiger partial charge on any atom is -0.310 e. The number of alkyl halides is 1. The molecule has 0 amide bonds. The molecule has 1 aromatic carbocycles. The predicted octanol–water partition coefficient (Wildman–Crippen LogP) is 3.57. The van der Waals surface area contributed by atoms with Crippen molar-refractivity contribution >= 4 is 11.6 Å². The lowest BCUT2D eigenvalue weighted by molar-refractivity contribution is 0.389. The molecule has 0 radical (unpaired) electrons. The summed E-state index contributed by atoms with van der Waals surface area (Å²) >= 11 is 5.75. The molecule has 0 aromatic heterocycles. The van der Waals surface area contributed by atoms with Gasteiger partial charge in [0.05, 0.1) is 0 Å². The first-order chi connectivity index (χ1) is 7.63. The van der Waals surface area contributed by atoms with Crippen molar-refractivity contribution < 1.29 is 4.39 Å². The quantitative estimate of drug-likeness (QED) is 0.754. The molecule has 0 bridgehead atoms. The summed E-state index contributed by atoms with van der Waals surface area (Å²) in [5, 5.41) is 3.45. The summed E-state index contributed by atoms with van der Waals surface area (Å²) < 4.78 is 12.7. The van der Waals surface area contributed by atoms with Crippen molar-refractivity contribution in [2.45, 2.75) is 32.9 Å². The number of hydrogen-bond donors (Lipinski definition) is 1. The molecule has 0 aliphatic rings. The van der Waals surface area contributed by atoms with Crippen LogP contribution in [0.5, 0.6) is 0 Å². The van der Waals surface area contributed by atoms with E-state index in [4.69, 9.17) is 11.6 Å². The van der Waals surface area contributed by atoms with Crippen molar-refractivity contribution in [3.63, 3.8) is 0 Å². The molecule has 0 heterocycles. The Hall–Kier alpha value is -0.600. The second-order valence-corrected chi connectivity index (χ2v) is 4.71. The number of nitrogens with one attached hydrogen (secondary N) is 1. The summed E-state index contributed by atoms with van der Waals surface area (Å²) in [7, 11) is 0. The van der Waals surface area contributed by atoms with Gasteiger partial charge in [-0.3, -0.25) is 0 Å². The van der Waals surface area contributed by atoms with Crippen LogP contribution in [0.3, 0.4) is 0 Å². The Morgan fingerprint density at radius 2 is 1.88 bits per heavy atom. The Balaban J connectivity index is 2.45. The fraction of sp³-hybridized carbons (Fsp3) is 0.538. The van der Waals surface area contributed by atoms with Gasteiger partial charge in [-0.1, -0.05) is 26.0 Å². The van der Waals surface area contributed by atoms with Gasteiger partial charge >= 0.3 is 0 Å². The minimum absolute atomic E-state index is 0.190. The highest BCUT2D eigenvalue weighted by molar-refractivity contribution is 6.17. The molecule has 0 spiro atoms. The van der Waals surface area contributed by atoms with Gasteiger partial charge in [-0.15, -0.1) is 11.6 Å². The van der Waals surface area contributed by atoms with Crippen molar-refractivity contribution in [2.75, 3.05) is 5.88 Å². The van der Waals surface area contributed by atoms with Crippen LogP contribution in [0.15, 0.2) is 24.3 Å². The zero-order valence-corrected chi connectivity index (χ0v) is 10.6. The Labute approximate surface area is 102 Å². The highest BCUT2D eigenvalue weighted by Gasteiger charge is 2.11. The molecule has 16 heavy (non-hydrogen) atoms. The third-order valence-electron chi connectivity index (χ3n) is 2.71. The first-order valence-electron chi connectivity index (χ1n) is 5.67. The average molecular weight is 244 g/mol. The summed E-state index contributed by atoms with van der Waals surface area (Å²) in [6.07, 6.45) is 0.959. The second-order valence-electron chi connectivity index (χ2n) is 4.34. The van der Waals surface area contributed by atoms with E-state index >= 15 is 0 Å². The summed E-state index contributed by atoms with van der Waals surface area (Å²) in [6.45, 7) is 5.11. The molecule has 1 aromatic rings. The van der Waals surface area contributed by atoms with Crippen LogP contribution in [-0.4, -0.2) is 11.9 Å². The van der Waals surface area contributed by atoms with Gasteiger partial charge in [-0.25, -0.2) is 4.39 Å². The van der Waals surface area contributed by atoms with E-state index in [1.165, 1.54) is 12.1 Å². The SMILES string of the molecule is CC(C)C(CCCl)NCc1ccc(F)cc1. The highest BCUT2D eigenvalue weighted by atomic mass is 35.5. The zero-order chi connectivity index (χ0) is 12.0. The zero-order valence-electron chi connectivity index (χ0n) is 9.84. The number of benzene rings is 1. The number of halogens is 2. The van der Waals surface area contributed by atoms with Crippen molar-refractivity contribution in [3.8, 4) is 0 Å². The molecule has 90 valence electrons. The maximum absolute atomic E-state index is 12.7. The lowest BCUT2D eigenvalue weighted by Crippen LogP contribution is -2.33. The molecule has 1 unspecified atom stereocenters. The molecular weight excluding hydrogens is 225 g/mol. The molecule has 3 heteroatoms. The van der Waals surface area contributed by atoms with Crippen LogP contribution >= 0.6 is 11.6 Å². The predicted molar refractivity (Wildman–Crippen MR) is 67.2 cm³/mol. The Morgan fingerprint density at radius 1 is 1.25 bits per heavy atom. The summed E-state index contributed by atoms with van der Waals surface area (Å²) in [5.41, 5.74) is 1.10. The van der Waals surface area contributed by atoms with E-state index in [-0.39, 0.29) is 5.82 Å². The fourth-order valence-electron chi connectivity index (χ4n) is 1.64. The van der Waals surface area contributed by atoms with Crippen LogP contribution in [-0.2, 0) is 6.54 Å². The van der Waals surface area contributed by atoms with Crippen LogP contribution in [0.4, 0.5) is 4.39 Å². The average Bonchev–Trinajstić information content (AvgIpc) is 2.26. The third-order valence-corrected chi connectivity index (χ3v) is 2.92. The van der Waals surface area contributed by atoms with E-state index in [1.54, 1.807) is 12.1 Å². The lowest BCUT2D eigenvalue weighted by Gasteiger charge is -2.21. The van der Waals surface area contributed by atoms with E-state index in [1.807, 2.05) is 0 Å². The molecule has 0 saturated heterocycles. The number of rotatable bonds is 6. The lowest BCUT2D eigenvalue weighted by atomic mass is 10.0. The largest absolute Gasteiger partial charge is 0.310 e. The second kappa shape index (κ2) is 6.87. The summed E-state index contributed by atoms with van der Waals surface area (Å²) in [5.74, 6) is 1.03. The van der Waals surface area contributed by atoms with Gasteiger partial charge in [0.15, 0.2) is 0 Å². The van der Waals surface area contributed by atoms with Crippen LogP contribution in [0.2, 0.25) is 0 Å². The molecule has 1 rings (SSSR count). The van der Waals surface area contributed by atoms with Gasteiger partial charge < -0.3 is 5.32 Å². The molecule has 0 aliphatic heterocycles. The van der Waals surface area contributed by atoms with Crippen molar-refractivity contribution in [1.29, 1.82) is 0 Å². The molecular formula is C13H19ClFN. The monoisotopic (exact) mass is 243 g/mol. The Bertz CT molecular complexity index is 297. The van der Waals surface area contributed by atoms with Gasteiger partial charge in [0.2, 0.25) is 0 Å². The molecule has 1 nitrogen and oxygen atoms in total. The van der Waals surface area contributed by atoms with Gasteiger partial charge in [0.1, 0.15) is 5.82 Å². The summed E-state index contributed by atoms with van der Waals surface area (Å²) in [6, 6.07) is 7.01. The van der Waals surface area contributed by atoms with Crippen molar-refractivity contribution in [3.05, 3.63) is 35.6 Å². The Morgan fingerprint density at radius 3 is 2.38 bits per heavy atom. The van der Waals surface area contributed by atoms with E-state index < -0.39 is 0 Å². The maximum Gasteiger partial charge on any atom is 0.123 e. The number of hydrogen-bond acceptors (Lipinski definition) is 1. The van der Waals surface area contributed by atoms with E-state index in [0.29, 0.717) is 17.8 Å². The molecule has 0 aliphatic carbocycles. The first kappa shape index (κ1) is 13.5. The van der Waals surface area contributed by atoms with Gasteiger partial charge in [-0.2, -0.15) is 0 Å². The van der Waals surface area contributed by atoms with Crippen LogP contribution in [0.25, 0.3) is 0 Å². The summed E-state index contributed by atoms with van der Waals surface area (Å²) in [4.78, 5) is 0. The minimum atomic E-state index is -0.190. The van der Waals surface area contributed by atoms with Crippen LogP contribution in [0.1, 0.15) is 25.8 Å². The fourth-order valence-corrected chi connectivity index (χ4v) is 1.87. The first-order valence-corrected chi connectivity index (χ1v) is 6.20. The molecule has 1 atom stereocenters. The Kier molecular flexibility index (Phi) is 5.78. The highest BCUT2D eigenvalue weighted by Crippen LogP contribution is 2.09. The molecule has 1 N–H and O–H groups in total. The topological polar surface area (TPSA) is 12.0 Å². The van der Waals surface area contributed by atoms with Gasteiger partial charge in [-0.05, 0) is 30.0 Å². The smallest absolute Gasteiger partial charge is 0.123 e. The van der Waals surface area contributed by atoms with Crippen LogP contribution < -0.4 is 5.32 Å². The maximum atomic E-state index is 12.7. The van der Waals surface area contributed by atoms with E-state index in [9.17, 15) is 4.39 Å². The van der Waals surface area contributed by atoms with Crippen molar-refractivity contribution in [1.82, 2.24) is 5.32 Å². The normalized spacial score (nSPS) is 13.1. The molecule has 0 saturated carbocycles. The van der Waals surface area contributed by atoms with Gasteiger partial charge in [0, 0.05) is 18.5 Å².